The van der Waals surface area contributed by atoms with Gasteiger partial charge in [-0.2, -0.15) is 0 Å². The van der Waals surface area contributed by atoms with E-state index in [-0.39, 0.29) is 11.8 Å². The molecule has 30 heavy (non-hydrogen) atoms. The third-order valence-corrected chi connectivity index (χ3v) is 6.94. The zero-order valence-corrected chi connectivity index (χ0v) is 17.6. The molecule has 0 spiro atoms. The maximum Gasteiger partial charge on any atom is 0.223 e. The summed E-state index contributed by atoms with van der Waals surface area (Å²) in [5.74, 6) is 1.09. The zero-order valence-electron chi connectivity index (χ0n) is 17.6. The Morgan fingerprint density at radius 2 is 1.63 bits per heavy atom. The number of piperidine rings is 1. The van der Waals surface area contributed by atoms with Crippen molar-refractivity contribution in [3.63, 3.8) is 0 Å². The van der Waals surface area contributed by atoms with Gasteiger partial charge in [0.1, 0.15) is 0 Å². The first kappa shape index (κ1) is 20.6. The normalized spacial score (nSPS) is 25.8. The summed E-state index contributed by atoms with van der Waals surface area (Å²) in [6.45, 7) is 0.684. The topological polar surface area (TPSA) is 49.4 Å². The van der Waals surface area contributed by atoms with E-state index in [4.69, 9.17) is 0 Å². The van der Waals surface area contributed by atoms with Gasteiger partial charge in [0, 0.05) is 30.1 Å². The van der Waals surface area contributed by atoms with Gasteiger partial charge in [-0.1, -0.05) is 67.8 Å². The highest BCUT2D eigenvalue weighted by Gasteiger charge is 2.44. The fraction of sp³-hybridized carbons (Fsp3) is 0.462. The molecule has 2 aliphatic rings. The molecular formula is C26H32N2O2. The maximum atomic E-state index is 13.1. The molecule has 0 unspecified atom stereocenters. The van der Waals surface area contributed by atoms with Crippen molar-refractivity contribution >= 4 is 18.0 Å². The molecule has 2 amide bonds. The van der Waals surface area contributed by atoms with Crippen LogP contribution in [0.25, 0.3) is 0 Å². The average Bonchev–Trinajstić information content (AvgIpc) is 2.80. The standard InChI is InChI=1S/C26H32N2O2/c29-19-28(21-13-5-2-6-14-21)18-10-9-16-23-25(20-11-3-1-4-12-20)22-15-7-8-17-24(22)27-26(23)30/h1-6,11-14,19,22-25H,7-10,15-18H2,(H,27,30)/t22-,23-,24+,25+/m0/s1. The van der Waals surface area contributed by atoms with Crippen molar-refractivity contribution in [2.24, 2.45) is 11.8 Å². The third kappa shape index (κ3) is 4.58. The van der Waals surface area contributed by atoms with Crippen molar-refractivity contribution in [1.29, 1.82) is 0 Å². The van der Waals surface area contributed by atoms with Crippen molar-refractivity contribution < 1.29 is 9.59 Å². The van der Waals surface area contributed by atoms with E-state index in [9.17, 15) is 9.59 Å². The van der Waals surface area contributed by atoms with Gasteiger partial charge in [0.15, 0.2) is 0 Å². The number of hydrogen-bond donors (Lipinski definition) is 1. The molecule has 0 bridgehead atoms. The molecule has 1 aliphatic heterocycles. The van der Waals surface area contributed by atoms with Gasteiger partial charge in [0.05, 0.1) is 0 Å². The smallest absolute Gasteiger partial charge is 0.223 e. The van der Waals surface area contributed by atoms with Crippen LogP contribution in [0.2, 0.25) is 0 Å². The number of benzene rings is 2. The number of fused-ring (bicyclic) bond motifs is 1. The summed E-state index contributed by atoms with van der Waals surface area (Å²) in [7, 11) is 0. The van der Waals surface area contributed by atoms with Crippen LogP contribution in [0.15, 0.2) is 60.7 Å². The molecule has 1 N–H and O–H groups in total. The van der Waals surface area contributed by atoms with Crippen molar-refractivity contribution in [1.82, 2.24) is 5.32 Å². The van der Waals surface area contributed by atoms with Gasteiger partial charge in [0.25, 0.3) is 0 Å². The SMILES string of the molecule is O=CN(CCCC[C@@H]1C(=O)N[C@@H]2CCCC[C@@H]2[C@H]1c1ccccc1)c1ccccc1. The molecule has 4 nitrogen and oxygen atoms in total. The van der Waals surface area contributed by atoms with Crippen molar-refractivity contribution in [2.75, 3.05) is 11.4 Å². The van der Waals surface area contributed by atoms with E-state index in [0.717, 1.165) is 37.8 Å². The van der Waals surface area contributed by atoms with Crippen LogP contribution in [-0.4, -0.2) is 24.9 Å². The number of nitrogens with zero attached hydrogens (tertiary/aromatic N) is 1. The molecule has 158 valence electrons. The monoisotopic (exact) mass is 404 g/mol. The lowest BCUT2D eigenvalue weighted by Crippen LogP contribution is -2.54. The van der Waals surface area contributed by atoms with Crippen LogP contribution in [-0.2, 0) is 9.59 Å². The Labute approximate surface area is 179 Å². The van der Waals surface area contributed by atoms with Crippen LogP contribution in [0.4, 0.5) is 5.69 Å². The lowest BCUT2D eigenvalue weighted by atomic mass is 9.65. The minimum Gasteiger partial charge on any atom is -0.353 e. The molecule has 4 rings (SSSR count). The number of para-hydroxylation sites is 1. The lowest BCUT2D eigenvalue weighted by Gasteiger charge is -2.46. The van der Waals surface area contributed by atoms with Crippen LogP contribution >= 0.6 is 0 Å². The molecule has 1 heterocycles. The number of carbonyl (C=O) groups is 2. The third-order valence-electron chi connectivity index (χ3n) is 6.94. The van der Waals surface area contributed by atoms with Crippen LogP contribution in [0.5, 0.6) is 0 Å². The van der Waals surface area contributed by atoms with Crippen LogP contribution in [0, 0.1) is 11.8 Å². The summed E-state index contributed by atoms with van der Waals surface area (Å²) in [5, 5.41) is 3.35. The first-order valence-electron chi connectivity index (χ1n) is 11.4. The van der Waals surface area contributed by atoms with Gasteiger partial charge in [0.2, 0.25) is 12.3 Å². The number of unbranched alkanes of at least 4 members (excludes halogenated alkanes) is 1. The van der Waals surface area contributed by atoms with Gasteiger partial charge in [-0.25, -0.2) is 0 Å². The van der Waals surface area contributed by atoms with E-state index < -0.39 is 0 Å². The van der Waals surface area contributed by atoms with Crippen LogP contribution in [0.3, 0.4) is 0 Å². The molecule has 2 aromatic carbocycles. The second kappa shape index (κ2) is 9.92. The second-order valence-electron chi connectivity index (χ2n) is 8.74. The van der Waals surface area contributed by atoms with Crippen molar-refractivity contribution in [3.05, 3.63) is 66.2 Å². The maximum absolute atomic E-state index is 13.1. The van der Waals surface area contributed by atoms with E-state index in [1.807, 2.05) is 30.3 Å². The van der Waals surface area contributed by atoms with Gasteiger partial charge >= 0.3 is 0 Å². The second-order valence-corrected chi connectivity index (χ2v) is 8.74. The molecular weight excluding hydrogens is 372 g/mol. The largest absolute Gasteiger partial charge is 0.353 e. The summed E-state index contributed by atoms with van der Waals surface area (Å²) in [6, 6.07) is 20.7. The highest BCUT2D eigenvalue weighted by molar-refractivity contribution is 5.81. The number of carbonyl (C=O) groups excluding carboxylic acids is 2. The lowest BCUT2D eigenvalue weighted by molar-refractivity contribution is -0.131. The highest BCUT2D eigenvalue weighted by Crippen LogP contribution is 2.45. The molecule has 1 saturated heterocycles. The summed E-state index contributed by atoms with van der Waals surface area (Å²) in [5.41, 5.74) is 2.24. The van der Waals surface area contributed by atoms with Crippen molar-refractivity contribution in [3.8, 4) is 0 Å². The van der Waals surface area contributed by atoms with Crippen molar-refractivity contribution in [2.45, 2.75) is 56.9 Å². The Hall–Kier alpha value is -2.62. The Morgan fingerprint density at radius 1 is 0.933 bits per heavy atom. The molecule has 1 saturated carbocycles. The minimum atomic E-state index is 0.0214. The molecule has 2 fully saturated rings. The predicted octanol–water partition coefficient (Wildman–Crippen LogP) is 4.91. The first-order valence-corrected chi connectivity index (χ1v) is 11.4. The fourth-order valence-electron chi connectivity index (χ4n) is 5.49. The van der Waals surface area contributed by atoms with E-state index in [1.165, 1.54) is 24.8 Å². The number of amides is 2. The summed E-state index contributed by atoms with van der Waals surface area (Å²) in [6.07, 6.45) is 8.40. The van der Waals surface area contributed by atoms with E-state index in [0.29, 0.717) is 24.4 Å². The highest BCUT2D eigenvalue weighted by atomic mass is 16.2. The quantitative estimate of drug-likeness (QED) is 0.502. The Kier molecular flexibility index (Phi) is 6.83. The number of rotatable bonds is 8. The Bertz CT molecular complexity index is 823. The number of nitrogens with one attached hydrogen (secondary N) is 1. The molecule has 0 radical (unpaired) electrons. The molecule has 0 aromatic heterocycles. The van der Waals surface area contributed by atoms with Gasteiger partial charge < -0.3 is 10.2 Å². The molecule has 4 atom stereocenters. The summed E-state index contributed by atoms with van der Waals surface area (Å²) >= 11 is 0. The van der Waals surface area contributed by atoms with Gasteiger partial charge in [-0.05, 0) is 49.3 Å². The molecule has 4 heteroatoms. The fourth-order valence-corrected chi connectivity index (χ4v) is 5.49. The van der Waals surface area contributed by atoms with Gasteiger partial charge in [-0.3, -0.25) is 9.59 Å². The van der Waals surface area contributed by atoms with Crippen LogP contribution < -0.4 is 10.2 Å². The molecule has 2 aromatic rings. The van der Waals surface area contributed by atoms with E-state index >= 15 is 0 Å². The van der Waals surface area contributed by atoms with E-state index in [2.05, 4.69) is 35.6 Å². The molecule has 1 aliphatic carbocycles. The number of hydrogen-bond acceptors (Lipinski definition) is 2. The predicted molar refractivity (Wildman–Crippen MR) is 120 cm³/mol. The van der Waals surface area contributed by atoms with E-state index in [1.54, 1.807) is 4.90 Å². The average molecular weight is 405 g/mol. The van der Waals surface area contributed by atoms with Crippen LogP contribution in [0.1, 0.15) is 56.4 Å². The zero-order chi connectivity index (χ0) is 20.8. The number of anilines is 1. The summed E-state index contributed by atoms with van der Waals surface area (Å²) < 4.78 is 0. The Morgan fingerprint density at radius 3 is 2.37 bits per heavy atom. The van der Waals surface area contributed by atoms with Gasteiger partial charge in [-0.15, -0.1) is 0 Å². The Balaban J connectivity index is 1.42. The first-order chi connectivity index (χ1) is 14.8. The summed E-state index contributed by atoms with van der Waals surface area (Å²) in [4.78, 5) is 26.3. The minimum absolute atomic E-state index is 0.0214.